The zero-order chi connectivity index (χ0) is 19.2. The number of rotatable bonds is 5. The number of carbonyl (C=O) groups is 2. The molecule has 0 radical (unpaired) electrons. The SMILES string of the molecule is CCc1ccc(NC(=O)c2csc(NC(=O)Nc3ccc(C)cc3)n2)cc1. The van der Waals surface area contributed by atoms with Crippen molar-refractivity contribution >= 4 is 39.8 Å². The fraction of sp³-hybridized carbons (Fsp3) is 0.150. The minimum atomic E-state index is -0.407. The van der Waals surface area contributed by atoms with Crippen molar-refractivity contribution in [2.24, 2.45) is 0 Å². The zero-order valence-corrected chi connectivity index (χ0v) is 15.9. The van der Waals surface area contributed by atoms with E-state index in [0.29, 0.717) is 16.5 Å². The van der Waals surface area contributed by atoms with Gasteiger partial charge in [0.1, 0.15) is 5.69 Å². The molecule has 3 amide bonds. The number of hydrogen-bond donors (Lipinski definition) is 3. The molecule has 0 atom stereocenters. The van der Waals surface area contributed by atoms with E-state index in [1.54, 1.807) is 5.38 Å². The second-order valence-electron chi connectivity index (χ2n) is 5.99. The molecule has 3 aromatic rings. The van der Waals surface area contributed by atoms with Gasteiger partial charge in [0.15, 0.2) is 5.13 Å². The molecular weight excluding hydrogens is 360 g/mol. The van der Waals surface area contributed by atoms with Crippen molar-refractivity contribution < 1.29 is 9.59 Å². The maximum atomic E-state index is 12.3. The third-order valence-electron chi connectivity index (χ3n) is 3.89. The van der Waals surface area contributed by atoms with Crippen LogP contribution in [0.3, 0.4) is 0 Å². The summed E-state index contributed by atoms with van der Waals surface area (Å²) in [5, 5.41) is 10.1. The number of aromatic nitrogens is 1. The van der Waals surface area contributed by atoms with Crippen LogP contribution in [-0.4, -0.2) is 16.9 Å². The zero-order valence-electron chi connectivity index (χ0n) is 15.1. The second kappa shape index (κ2) is 8.46. The van der Waals surface area contributed by atoms with Gasteiger partial charge in [0.05, 0.1) is 0 Å². The third-order valence-corrected chi connectivity index (χ3v) is 4.64. The quantitative estimate of drug-likeness (QED) is 0.588. The third kappa shape index (κ3) is 5.15. The number of carbonyl (C=O) groups excluding carboxylic acids is 2. The summed E-state index contributed by atoms with van der Waals surface area (Å²) >= 11 is 1.19. The summed E-state index contributed by atoms with van der Waals surface area (Å²) in [5.74, 6) is -0.317. The fourth-order valence-electron chi connectivity index (χ4n) is 2.35. The van der Waals surface area contributed by atoms with Crippen molar-refractivity contribution in [2.75, 3.05) is 16.0 Å². The number of aryl methyl sites for hydroxylation is 2. The minimum Gasteiger partial charge on any atom is -0.321 e. The molecule has 1 heterocycles. The topological polar surface area (TPSA) is 83.1 Å². The largest absolute Gasteiger partial charge is 0.325 e. The highest BCUT2D eigenvalue weighted by atomic mass is 32.1. The van der Waals surface area contributed by atoms with Crippen molar-refractivity contribution in [1.82, 2.24) is 4.98 Å². The number of amides is 3. The Kier molecular flexibility index (Phi) is 5.83. The number of nitrogens with zero attached hydrogens (tertiary/aromatic N) is 1. The summed E-state index contributed by atoms with van der Waals surface area (Å²) in [5.41, 5.74) is 3.96. The van der Waals surface area contributed by atoms with Gasteiger partial charge in [-0.2, -0.15) is 0 Å². The highest BCUT2D eigenvalue weighted by Gasteiger charge is 2.13. The van der Waals surface area contributed by atoms with E-state index in [-0.39, 0.29) is 11.6 Å². The maximum Gasteiger partial charge on any atom is 0.325 e. The summed E-state index contributed by atoms with van der Waals surface area (Å²) in [4.78, 5) is 28.5. The molecule has 3 N–H and O–H groups in total. The van der Waals surface area contributed by atoms with Gasteiger partial charge in [0.2, 0.25) is 0 Å². The average Bonchev–Trinajstić information content (AvgIpc) is 3.13. The van der Waals surface area contributed by atoms with E-state index in [0.717, 1.165) is 12.0 Å². The van der Waals surface area contributed by atoms with E-state index in [4.69, 9.17) is 0 Å². The second-order valence-corrected chi connectivity index (χ2v) is 6.85. The Hall–Kier alpha value is -3.19. The minimum absolute atomic E-state index is 0.255. The van der Waals surface area contributed by atoms with Crippen LogP contribution in [0.2, 0.25) is 0 Å². The lowest BCUT2D eigenvalue weighted by molar-refractivity contribution is 0.102. The molecule has 0 aliphatic carbocycles. The van der Waals surface area contributed by atoms with Gasteiger partial charge in [-0.3, -0.25) is 10.1 Å². The molecule has 0 saturated carbocycles. The van der Waals surface area contributed by atoms with E-state index in [9.17, 15) is 9.59 Å². The summed E-state index contributed by atoms with van der Waals surface area (Å²) < 4.78 is 0. The first-order chi connectivity index (χ1) is 13.0. The summed E-state index contributed by atoms with van der Waals surface area (Å²) in [7, 11) is 0. The number of benzene rings is 2. The molecule has 3 rings (SSSR count). The Morgan fingerprint density at radius 1 is 0.926 bits per heavy atom. The molecule has 27 heavy (non-hydrogen) atoms. The van der Waals surface area contributed by atoms with Crippen molar-refractivity contribution in [3.8, 4) is 0 Å². The lowest BCUT2D eigenvalue weighted by Crippen LogP contribution is -2.19. The first-order valence-corrected chi connectivity index (χ1v) is 9.42. The van der Waals surface area contributed by atoms with Gasteiger partial charge in [-0.25, -0.2) is 9.78 Å². The van der Waals surface area contributed by atoms with E-state index in [1.165, 1.54) is 16.9 Å². The van der Waals surface area contributed by atoms with E-state index in [1.807, 2.05) is 55.5 Å². The molecule has 0 aliphatic heterocycles. The number of anilines is 3. The number of urea groups is 1. The van der Waals surface area contributed by atoms with Crippen molar-refractivity contribution in [1.29, 1.82) is 0 Å². The molecule has 0 fully saturated rings. The van der Waals surface area contributed by atoms with Gasteiger partial charge in [0.25, 0.3) is 5.91 Å². The molecule has 1 aromatic heterocycles. The maximum absolute atomic E-state index is 12.3. The van der Waals surface area contributed by atoms with Crippen molar-refractivity contribution in [3.05, 3.63) is 70.7 Å². The highest BCUT2D eigenvalue weighted by Crippen LogP contribution is 2.18. The summed E-state index contributed by atoms with van der Waals surface area (Å²) in [6.45, 7) is 4.05. The Bertz CT molecular complexity index is 933. The Labute approximate surface area is 161 Å². The lowest BCUT2D eigenvalue weighted by Gasteiger charge is -2.05. The van der Waals surface area contributed by atoms with E-state index < -0.39 is 6.03 Å². The number of hydrogen-bond acceptors (Lipinski definition) is 4. The van der Waals surface area contributed by atoms with Crippen LogP contribution < -0.4 is 16.0 Å². The summed E-state index contributed by atoms with van der Waals surface area (Å²) in [6.07, 6.45) is 0.944. The molecule has 0 bridgehead atoms. The lowest BCUT2D eigenvalue weighted by atomic mass is 10.1. The average molecular weight is 380 g/mol. The molecule has 0 spiro atoms. The van der Waals surface area contributed by atoms with E-state index in [2.05, 4.69) is 27.9 Å². The van der Waals surface area contributed by atoms with Gasteiger partial charge in [-0.1, -0.05) is 36.8 Å². The number of nitrogens with one attached hydrogen (secondary N) is 3. The van der Waals surface area contributed by atoms with Crippen LogP contribution in [0.4, 0.5) is 21.3 Å². The van der Waals surface area contributed by atoms with Gasteiger partial charge < -0.3 is 10.6 Å². The smallest absolute Gasteiger partial charge is 0.321 e. The Balaban J connectivity index is 1.57. The number of thiazole rings is 1. The normalized spacial score (nSPS) is 10.3. The highest BCUT2D eigenvalue weighted by molar-refractivity contribution is 7.14. The van der Waals surface area contributed by atoms with Crippen LogP contribution in [0.5, 0.6) is 0 Å². The van der Waals surface area contributed by atoms with E-state index >= 15 is 0 Å². The molecule has 0 aliphatic rings. The molecule has 0 saturated heterocycles. The molecule has 138 valence electrons. The van der Waals surface area contributed by atoms with Crippen LogP contribution in [0.15, 0.2) is 53.9 Å². The van der Waals surface area contributed by atoms with Crippen LogP contribution in [0, 0.1) is 6.92 Å². The Morgan fingerprint density at radius 3 is 2.22 bits per heavy atom. The predicted octanol–water partition coefficient (Wildman–Crippen LogP) is 4.91. The molecule has 6 nitrogen and oxygen atoms in total. The first kappa shape index (κ1) is 18.6. The van der Waals surface area contributed by atoms with Gasteiger partial charge in [0, 0.05) is 16.8 Å². The van der Waals surface area contributed by atoms with Crippen LogP contribution in [0.1, 0.15) is 28.5 Å². The summed E-state index contributed by atoms with van der Waals surface area (Å²) in [6, 6.07) is 14.7. The molecule has 7 heteroatoms. The standard InChI is InChI=1S/C20H20N4O2S/c1-3-14-6-10-15(11-7-14)21-18(25)17-12-27-20(23-17)24-19(26)22-16-8-4-13(2)5-9-16/h4-12H,3H2,1-2H3,(H,21,25)(H2,22,23,24,26). The fourth-order valence-corrected chi connectivity index (χ4v) is 3.04. The van der Waals surface area contributed by atoms with Crippen LogP contribution >= 0.6 is 11.3 Å². The molecule has 2 aromatic carbocycles. The molecule has 0 unspecified atom stereocenters. The first-order valence-electron chi connectivity index (χ1n) is 8.54. The monoisotopic (exact) mass is 380 g/mol. The van der Waals surface area contributed by atoms with Gasteiger partial charge in [-0.15, -0.1) is 11.3 Å². The van der Waals surface area contributed by atoms with Crippen LogP contribution in [0.25, 0.3) is 0 Å². The molecular formula is C20H20N4O2S. The Morgan fingerprint density at radius 2 is 1.56 bits per heavy atom. The van der Waals surface area contributed by atoms with Crippen molar-refractivity contribution in [2.45, 2.75) is 20.3 Å². The van der Waals surface area contributed by atoms with Gasteiger partial charge in [-0.05, 0) is 43.2 Å². The predicted molar refractivity (Wildman–Crippen MR) is 110 cm³/mol. The van der Waals surface area contributed by atoms with Crippen LogP contribution in [-0.2, 0) is 6.42 Å². The van der Waals surface area contributed by atoms with Crippen molar-refractivity contribution in [3.63, 3.8) is 0 Å². The van der Waals surface area contributed by atoms with Gasteiger partial charge >= 0.3 is 6.03 Å².